The average molecular weight is 141 g/mol. The predicted octanol–water partition coefficient (Wildman–Crippen LogP) is 0.795. The molecule has 0 saturated carbocycles. The number of hydrogen-bond donors (Lipinski definition) is 0. The van der Waals surface area contributed by atoms with Gasteiger partial charge < -0.3 is 4.42 Å². The van der Waals surface area contributed by atoms with E-state index in [9.17, 15) is 4.79 Å². The van der Waals surface area contributed by atoms with Gasteiger partial charge in [-0.3, -0.25) is 4.89 Å². The fourth-order valence-electron chi connectivity index (χ4n) is 0.506. The lowest BCUT2D eigenvalue weighted by Gasteiger charge is -1.92. The molecule has 0 aliphatic rings. The minimum absolute atomic E-state index is 0.113. The molecule has 0 unspecified atom stereocenters. The molecule has 0 fully saturated rings. The Morgan fingerprint density at radius 3 is 3.20 bits per heavy atom. The zero-order valence-corrected chi connectivity index (χ0v) is 5.07. The summed E-state index contributed by atoms with van der Waals surface area (Å²) < 4.78 is 4.85. The van der Waals surface area contributed by atoms with E-state index in [0.717, 1.165) is 6.47 Å². The zero-order valence-electron chi connectivity index (χ0n) is 5.07. The van der Waals surface area contributed by atoms with Gasteiger partial charge in [0.2, 0.25) is 0 Å². The second-order valence-corrected chi connectivity index (χ2v) is 1.51. The second-order valence-electron chi connectivity index (χ2n) is 1.51. The molecule has 0 N–H and O–H groups in total. The Morgan fingerprint density at radius 2 is 2.60 bits per heavy atom. The molecule has 1 aromatic heterocycles. The summed E-state index contributed by atoms with van der Waals surface area (Å²) in [5.41, 5.74) is 0. The van der Waals surface area contributed by atoms with E-state index in [2.05, 4.69) is 9.78 Å². The zero-order chi connectivity index (χ0) is 7.23. The van der Waals surface area contributed by atoms with Crippen molar-refractivity contribution in [2.75, 3.05) is 0 Å². The third-order valence-electron chi connectivity index (χ3n) is 0.874. The highest BCUT2D eigenvalue weighted by Crippen LogP contribution is 2.00. The molecule has 0 aromatic carbocycles. The molecule has 0 atom stereocenters. The van der Waals surface area contributed by atoms with Crippen molar-refractivity contribution in [2.45, 2.75) is 6.61 Å². The van der Waals surface area contributed by atoms with Crippen molar-refractivity contribution < 1.29 is 19.0 Å². The van der Waals surface area contributed by atoms with E-state index in [1.165, 1.54) is 6.26 Å². The first-order valence-corrected chi connectivity index (χ1v) is 2.61. The Bertz CT molecular complexity index is 180. The van der Waals surface area contributed by atoms with E-state index in [1.54, 1.807) is 12.1 Å². The van der Waals surface area contributed by atoms with Crippen molar-refractivity contribution in [1.29, 1.82) is 0 Å². The van der Waals surface area contributed by atoms with E-state index in [1.807, 2.05) is 0 Å². The van der Waals surface area contributed by atoms with Crippen LogP contribution < -0.4 is 0 Å². The lowest BCUT2D eigenvalue weighted by molar-refractivity contribution is -0.236. The molecule has 0 aliphatic heterocycles. The fraction of sp³-hybridized carbons (Fsp3) is 0.167. The molecular weight excluding hydrogens is 136 g/mol. The minimum atomic E-state index is 0.113. The topological polar surface area (TPSA) is 48.7 Å². The SMILES string of the molecule is O=[C]OOCc1ccco1. The Kier molecular flexibility index (Phi) is 2.51. The number of hydrogen-bond acceptors (Lipinski definition) is 4. The fourth-order valence-corrected chi connectivity index (χ4v) is 0.506. The van der Waals surface area contributed by atoms with Crippen molar-refractivity contribution in [2.24, 2.45) is 0 Å². The molecule has 1 rings (SSSR count). The first kappa shape index (κ1) is 6.82. The Labute approximate surface area is 57.3 Å². The number of carbonyl (C=O) groups excluding carboxylic acids is 1. The summed E-state index contributed by atoms with van der Waals surface area (Å²) >= 11 is 0. The van der Waals surface area contributed by atoms with Crippen LogP contribution in [-0.4, -0.2) is 6.47 Å². The Morgan fingerprint density at radius 1 is 1.70 bits per heavy atom. The highest BCUT2D eigenvalue weighted by molar-refractivity contribution is 5.36. The standard InChI is InChI=1S/C6H5O4/c7-5-10-9-4-6-2-1-3-8-6/h1-3H,4H2. The van der Waals surface area contributed by atoms with Crippen LogP contribution in [0.3, 0.4) is 0 Å². The smallest absolute Gasteiger partial charge is 0.453 e. The highest BCUT2D eigenvalue weighted by Gasteiger charge is 1.94. The van der Waals surface area contributed by atoms with Gasteiger partial charge in [-0.2, -0.15) is 4.89 Å². The van der Waals surface area contributed by atoms with Gasteiger partial charge in [-0.15, -0.1) is 0 Å². The van der Waals surface area contributed by atoms with Gasteiger partial charge in [0, 0.05) is 0 Å². The molecule has 1 heterocycles. The number of furan rings is 1. The van der Waals surface area contributed by atoms with Gasteiger partial charge in [0.25, 0.3) is 0 Å². The second kappa shape index (κ2) is 3.68. The maximum Gasteiger partial charge on any atom is 0.453 e. The van der Waals surface area contributed by atoms with Gasteiger partial charge in [-0.25, -0.2) is 4.79 Å². The van der Waals surface area contributed by atoms with Gasteiger partial charge in [0.1, 0.15) is 5.76 Å². The van der Waals surface area contributed by atoms with Crippen molar-refractivity contribution in [3.05, 3.63) is 24.2 Å². The monoisotopic (exact) mass is 141 g/mol. The lowest BCUT2D eigenvalue weighted by atomic mass is 10.5. The molecule has 53 valence electrons. The summed E-state index contributed by atoms with van der Waals surface area (Å²) in [5, 5.41) is 0. The van der Waals surface area contributed by atoms with Crippen molar-refractivity contribution >= 4 is 6.47 Å². The third kappa shape index (κ3) is 1.91. The molecule has 1 aromatic rings. The molecule has 0 saturated heterocycles. The predicted molar refractivity (Wildman–Crippen MR) is 30.3 cm³/mol. The molecule has 0 spiro atoms. The highest BCUT2D eigenvalue weighted by atomic mass is 17.2. The van der Waals surface area contributed by atoms with Crippen molar-refractivity contribution in [3.63, 3.8) is 0 Å². The largest absolute Gasteiger partial charge is 0.467 e. The normalized spacial score (nSPS) is 9.20. The first-order chi connectivity index (χ1) is 4.93. The van der Waals surface area contributed by atoms with E-state index < -0.39 is 0 Å². The maximum absolute atomic E-state index is 9.43. The van der Waals surface area contributed by atoms with Crippen LogP contribution in [0.2, 0.25) is 0 Å². The van der Waals surface area contributed by atoms with Crippen molar-refractivity contribution in [1.82, 2.24) is 0 Å². The van der Waals surface area contributed by atoms with Gasteiger partial charge in [0.05, 0.1) is 6.26 Å². The summed E-state index contributed by atoms with van der Waals surface area (Å²) in [6.45, 7) is 1.23. The van der Waals surface area contributed by atoms with E-state index >= 15 is 0 Å². The molecule has 0 amide bonds. The van der Waals surface area contributed by atoms with Gasteiger partial charge in [0.15, 0.2) is 6.61 Å². The van der Waals surface area contributed by atoms with Crippen LogP contribution in [0.1, 0.15) is 5.76 Å². The average Bonchev–Trinajstić information content (AvgIpc) is 2.41. The van der Waals surface area contributed by atoms with E-state index in [4.69, 9.17) is 4.42 Å². The van der Waals surface area contributed by atoms with Crippen LogP contribution in [0.5, 0.6) is 0 Å². The van der Waals surface area contributed by atoms with Crippen LogP contribution >= 0.6 is 0 Å². The van der Waals surface area contributed by atoms with Crippen LogP contribution in [0.15, 0.2) is 22.8 Å². The Hall–Kier alpha value is -1.29. The van der Waals surface area contributed by atoms with Gasteiger partial charge >= 0.3 is 6.47 Å². The molecule has 10 heavy (non-hydrogen) atoms. The van der Waals surface area contributed by atoms with Gasteiger partial charge in [-0.05, 0) is 12.1 Å². The Balaban J connectivity index is 2.21. The molecule has 1 radical (unpaired) electrons. The van der Waals surface area contributed by atoms with E-state index in [-0.39, 0.29) is 6.61 Å². The molecular formula is C6H5O4. The van der Waals surface area contributed by atoms with Crippen LogP contribution in [-0.2, 0) is 21.2 Å². The summed E-state index contributed by atoms with van der Waals surface area (Å²) in [6.07, 6.45) is 1.50. The van der Waals surface area contributed by atoms with Crippen LogP contribution in [0.25, 0.3) is 0 Å². The quantitative estimate of drug-likeness (QED) is 0.353. The molecule has 0 aliphatic carbocycles. The number of rotatable bonds is 4. The molecule has 4 nitrogen and oxygen atoms in total. The minimum Gasteiger partial charge on any atom is -0.467 e. The molecule has 0 bridgehead atoms. The van der Waals surface area contributed by atoms with Crippen LogP contribution in [0.4, 0.5) is 0 Å². The van der Waals surface area contributed by atoms with Gasteiger partial charge in [-0.1, -0.05) is 0 Å². The summed E-state index contributed by atoms with van der Waals surface area (Å²) in [4.78, 5) is 17.6. The van der Waals surface area contributed by atoms with E-state index in [0.29, 0.717) is 5.76 Å². The summed E-state index contributed by atoms with van der Waals surface area (Å²) in [6, 6.07) is 3.41. The third-order valence-corrected chi connectivity index (χ3v) is 0.874. The lowest BCUT2D eigenvalue weighted by Crippen LogP contribution is -1.90. The van der Waals surface area contributed by atoms with Crippen molar-refractivity contribution in [3.8, 4) is 0 Å². The maximum atomic E-state index is 9.43. The summed E-state index contributed by atoms with van der Waals surface area (Å²) in [7, 11) is 0. The summed E-state index contributed by atoms with van der Waals surface area (Å²) in [5.74, 6) is 0.593. The van der Waals surface area contributed by atoms with Crippen LogP contribution in [0, 0.1) is 0 Å². The molecule has 4 heteroatoms. The first-order valence-electron chi connectivity index (χ1n) is 2.61.